The third-order valence-corrected chi connectivity index (χ3v) is 4.72. The number of aryl methyl sites for hydroxylation is 2. The smallest absolute Gasteiger partial charge is 0.217 e. The van der Waals surface area contributed by atoms with Crippen molar-refractivity contribution in [1.29, 1.82) is 0 Å². The summed E-state index contributed by atoms with van der Waals surface area (Å²) in [7, 11) is 0. The minimum absolute atomic E-state index is 0.167. The van der Waals surface area contributed by atoms with Gasteiger partial charge < -0.3 is 4.74 Å². The van der Waals surface area contributed by atoms with Gasteiger partial charge in [-0.2, -0.15) is 16.7 Å². The maximum Gasteiger partial charge on any atom is 0.217 e. The zero-order valence-corrected chi connectivity index (χ0v) is 14.6. The molecule has 0 aromatic carbocycles. The zero-order chi connectivity index (χ0) is 15.8. The van der Waals surface area contributed by atoms with Gasteiger partial charge in [-0.05, 0) is 26.2 Å². The summed E-state index contributed by atoms with van der Waals surface area (Å²) in [6.07, 6.45) is 4.99. The van der Waals surface area contributed by atoms with E-state index in [0.717, 1.165) is 50.4 Å². The van der Waals surface area contributed by atoms with Crippen molar-refractivity contribution in [2.45, 2.75) is 39.2 Å². The SMILES string of the molecule is C=CCCC(CN1CCSCC1)Oc1cc(CC)nc(C)n1. The van der Waals surface area contributed by atoms with Crippen LogP contribution in [0.2, 0.25) is 0 Å². The highest BCUT2D eigenvalue weighted by Gasteiger charge is 2.18. The number of rotatable bonds is 8. The van der Waals surface area contributed by atoms with Crippen LogP contribution in [0.1, 0.15) is 31.3 Å². The molecule has 1 saturated heterocycles. The second-order valence-electron chi connectivity index (χ2n) is 5.62. The van der Waals surface area contributed by atoms with E-state index < -0.39 is 0 Å². The van der Waals surface area contributed by atoms with Gasteiger partial charge in [-0.1, -0.05) is 13.0 Å². The molecular formula is C17H27N3OS. The monoisotopic (exact) mass is 321 g/mol. The van der Waals surface area contributed by atoms with Gasteiger partial charge in [-0.15, -0.1) is 6.58 Å². The van der Waals surface area contributed by atoms with Crippen molar-refractivity contribution in [3.8, 4) is 5.88 Å². The first-order valence-corrected chi connectivity index (χ1v) is 9.29. The third-order valence-electron chi connectivity index (χ3n) is 3.78. The van der Waals surface area contributed by atoms with E-state index in [4.69, 9.17) is 4.74 Å². The highest BCUT2D eigenvalue weighted by molar-refractivity contribution is 7.99. The molecule has 1 aromatic heterocycles. The summed E-state index contributed by atoms with van der Waals surface area (Å²) in [4.78, 5) is 11.4. The number of nitrogens with zero attached hydrogens (tertiary/aromatic N) is 3. The Bertz CT molecular complexity index is 475. The van der Waals surface area contributed by atoms with Crippen LogP contribution < -0.4 is 4.74 Å². The second-order valence-corrected chi connectivity index (χ2v) is 6.84. The molecule has 0 radical (unpaired) electrons. The molecule has 4 nitrogen and oxygen atoms in total. The standard InChI is InChI=1S/C17H27N3OS/c1-4-6-7-16(13-20-8-10-22-11-9-20)21-17-12-15(5-2)18-14(3)19-17/h4,12,16H,1,5-11,13H2,2-3H3. The van der Waals surface area contributed by atoms with E-state index in [0.29, 0.717) is 5.88 Å². The predicted octanol–water partition coefficient (Wildman–Crippen LogP) is 3.11. The van der Waals surface area contributed by atoms with E-state index in [1.807, 2.05) is 30.8 Å². The van der Waals surface area contributed by atoms with Crippen molar-refractivity contribution < 1.29 is 4.74 Å². The number of thioether (sulfide) groups is 1. The van der Waals surface area contributed by atoms with Crippen LogP contribution in [0.3, 0.4) is 0 Å². The Hall–Kier alpha value is -1.07. The second kappa shape index (κ2) is 9.16. The number of allylic oxidation sites excluding steroid dienone is 1. The molecule has 0 N–H and O–H groups in total. The lowest BCUT2D eigenvalue weighted by molar-refractivity contribution is 0.126. The number of ether oxygens (including phenoxy) is 1. The van der Waals surface area contributed by atoms with Crippen molar-refractivity contribution in [3.63, 3.8) is 0 Å². The largest absolute Gasteiger partial charge is 0.473 e. The molecule has 1 unspecified atom stereocenters. The van der Waals surface area contributed by atoms with Crippen molar-refractivity contribution >= 4 is 11.8 Å². The first-order chi connectivity index (χ1) is 10.7. The number of hydrogen-bond acceptors (Lipinski definition) is 5. The summed E-state index contributed by atoms with van der Waals surface area (Å²) in [5.74, 6) is 3.94. The van der Waals surface area contributed by atoms with E-state index in [1.165, 1.54) is 11.5 Å². The fourth-order valence-corrected chi connectivity index (χ4v) is 3.55. The van der Waals surface area contributed by atoms with Crippen molar-refractivity contribution in [2.75, 3.05) is 31.1 Å². The van der Waals surface area contributed by atoms with Gasteiger partial charge in [0.2, 0.25) is 5.88 Å². The molecule has 2 rings (SSSR count). The van der Waals surface area contributed by atoms with Gasteiger partial charge in [-0.3, -0.25) is 4.90 Å². The first kappa shape index (κ1) is 17.3. The molecule has 1 atom stereocenters. The van der Waals surface area contributed by atoms with E-state index in [9.17, 15) is 0 Å². The normalized spacial score (nSPS) is 17.2. The Morgan fingerprint density at radius 1 is 1.41 bits per heavy atom. The summed E-state index contributed by atoms with van der Waals surface area (Å²) in [6.45, 7) is 11.1. The average Bonchev–Trinajstić information content (AvgIpc) is 2.53. The minimum Gasteiger partial charge on any atom is -0.473 e. The molecule has 2 heterocycles. The molecule has 0 aliphatic carbocycles. The predicted molar refractivity (Wildman–Crippen MR) is 93.8 cm³/mol. The van der Waals surface area contributed by atoms with E-state index in [1.54, 1.807) is 0 Å². The Morgan fingerprint density at radius 2 is 2.18 bits per heavy atom. The lowest BCUT2D eigenvalue weighted by atomic mass is 10.2. The average molecular weight is 321 g/mol. The number of hydrogen-bond donors (Lipinski definition) is 0. The van der Waals surface area contributed by atoms with Crippen molar-refractivity contribution in [2.24, 2.45) is 0 Å². The lowest BCUT2D eigenvalue weighted by Crippen LogP contribution is -2.40. The molecule has 22 heavy (non-hydrogen) atoms. The minimum atomic E-state index is 0.167. The Labute approximate surface area is 138 Å². The molecule has 5 heteroatoms. The molecule has 0 saturated carbocycles. The van der Waals surface area contributed by atoms with Gasteiger partial charge in [0.15, 0.2) is 0 Å². The van der Waals surface area contributed by atoms with Crippen LogP contribution in [0.5, 0.6) is 5.88 Å². The summed E-state index contributed by atoms with van der Waals surface area (Å²) in [6, 6.07) is 1.97. The first-order valence-electron chi connectivity index (χ1n) is 8.13. The molecular weight excluding hydrogens is 294 g/mol. The molecule has 1 aromatic rings. The molecule has 1 fully saturated rings. The van der Waals surface area contributed by atoms with E-state index in [2.05, 4.69) is 28.4 Å². The topological polar surface area (TPSA) is 38.2 Å². The van der Waals surface area contributed by atoms with Gasteiger partial charge in [0, 0.05) is 42.9 Å². The maximum absolute atomic E-state index is 6.20. The van der Waals surface area contributed by atoms with Gasteiger partial charge in [0.05, 0.1) is 0 Å². The highest BCUT2D eigenvalue weighted by Crippen LogP contribution is 2.17. The van der Waals surface area contributed by atoms with Crippen LogP contribution in [0.4, 0.5) is 0 Å². The van der Waals surface area contributed by atoms with Crippen LogP contribution in [0, 0.1) is 6.92 Å². The van der Waals surface area contributed by atoms with Crippen LogP contribution in [-0.4, -0.2) is 52.1 Å². The van der Waals surface area contributed by atoms with E-state index >= 15 is 0 Å². The van der Waals surface area contributed by atoms with Crippen molar-refractivity contribution in [3.05, 3.63) is 30.2 Å². The summed E-state index contributed by atoms with van der Waals surface area (Å²) in [5, 5.41) is 0. The number of aromatic nitrogens is 2. The van der Waals surface area contributed by atoms with Gasteiger partial charge in [0.1, 0.15) is 11.9 Å². The molecule has 0 amide bonds. The molecule has 1 aliphatic rings. The maximum atomic E-state index is 6.20. The Morgan fingerprint density at radius 3 is 2.86 bits per heavy atom. The van der Waals surface area contributed by atoms with E-state index in [-0.39, 0.29) is 6.10 Å². The van der Waals surface area contributed by atoms with Crippen LogP contribution >= 0.6 is 11.8 Å². The summed E-state index contributed by atoms with van der Waals surface area (Å²) >= 11 is 2.04. The van der Waals surface area contributed by atoms with Gasteiger partial charge >= 0.3 is 0 Å². The third kappa shape index (κ3) is 5.61. The summed E-state index contributed by atoms with van der Waals surface area (Å²) < 4.78 is 6.20. The fourth-order valence-electron chi connectivity index (χ4n) is 2.57. The fraction of sp³-hybridized carbons (Fsp3) is 0.647. The van der Waals surface area contributed by atoms with Crippen LogP contribution in [-0.2, 0) is 6.42 Å². The Kier molecular flexibility index (Phi) is 7.19. The lowest BCUT2D eigenvalue weighted by Gasteiger charge is -2.30. The van der Waals surface area contributed by atoms with Crippen LogP contribution in [0.25, 0.3) is 0 Å². The summed E-state index contributed by atoms with van der Waals surface area (Å²) in [5.41, 5.74) is 1.04. The van der Waals surface area contributed by atoms with Crippen LogP contribution in [0.15, 0.2) is 18.7 Å². The highest BCUT2D eigenvalue weighted by atomic mass is 32.2. The molecule has 0 spiro atoms. The molecule has 0 bridgehead atoms. The Balaban J connectivity index is 2.01. The van der Waals surface area contributed by atoms with Crippen molar-refractivity contribution in [1.82, 2.24) is 14.9 Å². The quantitative estimate of drug-likeness (QED) is 0.688. The van der Waals surface area contributed by atoms with Gasteiger partial charge in [0.25, 0.3) is 0 Å². The molecule has 1 aliphatic heterocycles. The van der Waals surface area contributed by atoms with Gasteiger partial charge in [-0.25, -0.2) is 4.98 Å². The zero-order valence-electron chi connectivity index (χ0n) is 13.8. The molecule has 122 valence electrons.